The maximum atomic E-state index is 10.2. The van der Waals surface area contributed by atoms with Crippen LogP contribution in [0.5, 0.6) is 0 Å². The Balaban J connectivity index is 2.25. The third-order valence-corrected chi connectivity index (χ3v) is 2.92. The number of piperidine rings is 1. The van der Waals surface area contributed by atoms with Gasteiger partial charge in [0.25, 0.3) is 7.41 Å². The van der Waals surface area contributed by atoms with E-state index in [2.05, 4.69) is 11.7 Å². The number of hydrogen-bond acceptors (Lipinski definition) is 3. The molecule has 4 heteroatoms. The van der Waals surface area contributed by atoms with Gasteiger partial charge in [-0.2, -0.15) is 0 Å². The Hall–Kier alpha value is -0.345. The second-order valence-corrected chi connectivity index (χ2v) is 3.73. The number of carbonyl (C=O) groups is 1. The third-order valence-electron chi connectivity index (χ3n) is 2.92. The molecule has 13 heavy (non-hydrogen) atoms. The highest BCUT2D eigenvalue weighted by molar-refractivity contribution is 6.64. The highest BCUT2D eigenvalue weighted by atomic mass is 16.1. The molecule has 0 bridgehead atoms. The van der Waals surface area contributed by atoms with E-state index < -0.39 is 0 Å². The first-order valence-electron chi connectivity index (χ1n) is 5.06. The van der Waals surface area contributed by atoms with Gasteiger partial charge >= 0.3 is 0 Å². The Morgan fingerprint density at radius 3 is 2.69 bits per heavy atom. The predicted molar refractivity (Wildman–Crippen MR) is 55.1 cm³/mol. The fourth-order valence-electron chi connectivity index (χ4n) is 1.92. The van der Waals surface area contributed by atoms with Crippen LogP contribution in [0.25, 0.3) is 0 Å². The van der Waals surface area contributed by atoms with Crippen molar-refractivity contribution in [2.75, 3.05) is 13.1 Å². The van der Waals surface area contributed by atoms with Gasteiger partial charge in [0.15, 0.2) is 0 Å². The van der Waals surface area contributed by atoms with Gasteiger partial charge in [0.1, 0.15) is 0 Å². The lowest BCUT2D eigenvalue weighted by Gasteiger charge is -2.33. The lowest BCUT2D eigenvalue weighted by Crippen LogP contribution is -2.42. The van der Waals surface area contributed by atoms with E-state index in [9.17, 15) is 4.79 Å². The average Bonchev–Trinajstić information content (AvgIpc) is 2.18. The van der Waals surface area contributed by atoms with Gasteiger partial charge in [0.2, 0.25) is 0 Å². The van der Waals surface area contributed by atoms with Crippen LogP contribution in [0, 0.1) is 5.92 Å². The monoisotopic (exact) mass is 181 g/mol. The first-order valence-corrected chi connectivity index (χ1v) is 5.06. The van der Waals surface area contributed by atoms with Crippen molar-refractivity contribution in [1.29, 1.82) is 0 Å². The van der Waals surface area contributed by atoms with Crippen molar-refractivity contribution in [2.45, 2.75) is 32.2 Å². The molecule has 73 valence electrons. The normalized spacial score (nSPS) is 22.6. The summed E-state index contributed by atoms with van der Waals surface area (Å²) in [6.07, 6.45) is 4.17. The fraction of sp³-hybridized carbons (Fsp3) is 0.889. The summed E-state index contributed by atoms with van der Waals surface area (Å²) in [7, 11) is 1.63. The van der Waals surface area contributed by atoms with Crippen molar-refractivity contribution < 1.29 is 4.79 Å². The standard InChI is InChI=1S/C9H18BN2O/c1-2-9(11)8-3-5-12(6-4-8)10-7-13/h7-9H,2-6,11H2,1H3. The number of hydrogen-bond donors (Lipinski definition) is 1. The first kappa shape index (κ1) is 10.7. The molecule has 1 radical (unpaired) electrons. The van der Waals surface area contributed by atoms with E-state index in [-0.39, 0.29) is 0 Å². The molecule has 0 aromatic rings. The van der Waals surface area contributed by atoms with Gasteiger partial charge in [0, 0.05) is 6.04 Å². The molecular weight excluding hydrogens is 163 g/mol. The first-order chi connectivity index (χ1) is 6.27. The largest absolute Gasteiger partial charge is 0.340 e. The van der Waals surface area contributed by atoms with Crippen LogP contribution < -0.4 is 5.73 Å². The smallest absolute Gasteiger partial charge is 0.293 e. The van der Waals surface area contributed by atoms with Crippen molar-refractivity contribution in [1.82, 2.24) is 4.81 Å². The Morgan fingerprint density at radius 2 is 2.23 bits per heavy atom. The lowest BCUT2D eigenvalue weighted by atomic mass is 9.83. The molecule has 1 aliphatic rings. The Morgan fingerprint density at radius 1 is 1.62 bits per heavy atom. The van der Waals surface area contributed by atoms with Crippen LogP contribution in [-0.2, 0) is 4.79 Å². The minimum atomic E-state index is 0.346. The lowest BCUT2D eigenvalue weighted by molar-refractivity contribution is 0.245. The summed E-state index contributed by atoms with van der Waals surface area (Å²) < 4.78 is 0. The number of nitrogens with zero attached hydrogens (tertiary/aromatic N) is 1. The molecule has 0 aromatic carbocycles. The Kier molecular flexibility index (Phi) is 4.46. The van der Waals surface area contributed by atoms with Gasteiger partial charge in [-0.1, -0.05) is 6.92 Å². The van der Waals surface area contributed by atoms with Crippen molar-refractivity contribution in [3.8, 4) is 0 Å². The summed E-state index contributed by atoms with van der Waals surface area (Å²) in [6.45, 7) is 4.10. The SMILES string of the molecule is CCC(N)C1CCN([B]C=O)CC1. The molecule has 1 heterocycles. The number of rotatable bonds is 4. The van der Waals surface area contributed by atoms with Crippen molar-refractivity contribution in [2.24, 2.45) is 11.7 Å². The van der Waals surface area contributed by atoms with Crippen molar-refractivity contribution >= 4 is 13.6 Å². The van der Waals surface area contributed by atoms with E-state index in [1.54, 1.807) is 7.41 Å². The van der Waals surface area contributed by atoms with E-state index in [1.165, 1.54) is 0 Å². The van der Waals surface area contributed by atoms with Gasteiger partial charge < -0.3 is 15.3 Å². The van der Waals surface area contributed by atoms with Gasteiger partial charge in [0.05, 0.1) is 6.19 Å². The molecule has 0 saturated carbocycles. The summed E-state index contributed by atoms with van der Waals surface area (Å²) in [5.74, 6) is 0.654. The van der Waals surface area contributed by atoms with Crippen molar-refractivity contribution in [3.63, 3.8) is 0 Å². The summed E-state index contributed by atoms with van der Waals surface area (Å²) in [5.41, 5.74) is 5.97. The highest BCUT2D eigenvalue weighted by Gasteiger charge is 2.22. The molecule has 0 amide bonds. The van der Waals surface area contributed by atoms with Gasteiger partial charge in [-0.05, 0) is 38.3 Å². The number of nitrogens with two attached hydrogens (primary N) is 1. The zero-order chi connectivity index (χ0) is 9.68. The topological polar surface area (TPSA) is 46.3 Å². The maximum Gasteiger partial charge on any atom is 0.293 e. The Bertz CT molecular complexity index is 158. The highest BCUT2D eigenvalue weighted by Crippen LogP contribution is 2.20. The molecule has 0 spiro atoms. The fourth-order valence-corrected chi connectivity index (χ4v) is 1.92. The van der Waals surface area contributed by atoms with E-state index in [1.807, 2.05) is 0 Å². The molecule has 1 atom stereocenters. The predicted octanol–water partition coefficient (Wildman–Crippen LogP) is 0.245. The quantitative estimate of drug-likeness (QED) is 0.499. The van der Waals surface area contributed by atoms with Crippen molar-refractivity contribution in [3.05, 3.63) is 0 Å². The zero-order valence-corrected chi connectivity index (χ0v) is 8.28. The molecule has 1 fully saturated rings. The molecule has 1 unspecified atom stereocenters. The summed E-state index contributed by atoms with van der Waals surface area (Å²) >= 11 is 0. The maximum absolute atomic E-state index is 10.2. The molecule has 0 aromatic heterocycles. The second kappa shape index (κ2) is 5.40. The van der Waals surface area contributed by atoms with Crippen LogP contribution >= 0.6 is 0 Å². The molecule has 0 aliphatic carbocycles. The van der Waals surface area contributed by atoms with E-state index in [0.717, 1.165) is 38.5 Å². The van der Waals surface area contributed by atoms with Crippen LogP contribution in [0.1, 0.15) is 26.2 Å². The molecule has 1 aliphatic heterocycles. The van der Waals surface area contributed by atoms with Gasteiger partial charge in [-0.3, -0.25) is 0 Å². The van der Waals surface area contributed by atoms with Crippen LogP contribution in [0.2, 0.25) is 0 Å². The van der Waals surface area contributed by atoms with Gasteiger partial charge in [-0.15, -0.1) is 0 Å². The minimum absolute atomic E-state index is 0.346. The molecular formula is C9H18BN2O. The summed E-state index contributed by atoms with van der Waals surface area (Å²) in [4.78, 5) is 12.3. The molecule has 1 saturated heterocycles. The molecule has 1 rings (SSSR count). The third kappa shape index (κ3) is 3.12. The van der Waals surface area contributed by atoms with Crippen LogP contribution in [0.4, 0.5) is 0 Å². The minimum Gasteiger partial charge on any atom is -0.340 e. The molecule has 3 nitrogen and oxygen atoms in total. The van der Waals surface area contributed by atoms with Crippen LogP contribution in [0.15, 0.2) is 0 Å². The van der Waals surface area contributed by atoms with E-state index >= 15 is 0 Å². The second-order valence-electron chi connectivity index (χ2n) is 3.73. The average molecular weight is 181 g/mol. The van der Waals surface area contributed by atoms with E-state index in [4.69, 9.17) is 5.73 Å². The summed E-state index contributed by atoms with van der Waals surface area (Å²) in [6, 6.07) is 0.346. The zero-order valence-electron chi connectivity index (χ0n) is 8.28. The van der Waals surface area contributed by atoms with Crippen LogP contribution in [-0.4, -0.2) is 37.5 Å². The van der Waals surface area contributed by atoms with Gasteiger partial charge in [-0.25, -0.2) is 0 Å². The number of carbonyl (C=O) groups excluding carboxylic acids is 1. The Labute approximate surface area is 80.9 Å². The van der Waals surface area contributed by atoms with E-state index in [0.29, 0.717) is 12.0 Å². The summed E-state index contributed by atoms with van der Waals surface area (Å²) in [5, 5.41) is 0. The molecule has 2 N–H and O–H groups in total. The van der Waals surface area contributed by atoms with Crippen LogP contribution in [0.3, 0.4) is 0 Å².